The number of nitrogens with one attached hydrogen (secondary N) is 1. The van der Waals surface area contributed by atoms with Gasteiger partial charge in [0.1, 0.15) is 12.7 Å². The summed E-state index contributed by atoms with van der Waals surface area (Å²) in [6.07, 6.45) is 0.448. The molecule has 0 saturated carbocycles. The number of carboxylic acids is 1. The molecule has 1 aromatic heterocycles. The molecule has 0 unspecified atom stereocenters. The van der Waals surface area contributed by atoms with E-state index in [1.54, 1.807) is 20.3 Å². The highest BCUT2D eigenvalue weighted by Crippen LogP contribution is 2.34. The monoisotopic (exact) mass is 435 g/mol. The molecule has 2 N–H and O–H groups in total. The molecule has 3 aromatic rings. The Morgan fingerprint density at radius 3 is 2.55 bits per heavy atom. The molecule has 0 radical (unpaired) electrons. The molecular weight excluding hydrogens is 413 g/mol. The van der Waals surface area contributed by atoms with Crippen molar-refractivity contribution in [1.82, 2.24) is 4.72 Å². The van der Waals surface area contributed by atoms with E-state index in [1.807, 2.05) is 24.3 Å². The average molecular weight is 435 g/mol. The molecule has 0 fully saturated rings. The molecule has 0 atom stereocenters. The van der Waals surface area contributed by atoms with Crippen LogP contribution in [0.1, 0.15) is 21.7 Å². The zero-order valence-corrected chi connectivity index (χ0v) is 18.0. The van der Waals surface area contributed by atoms with Crippen molar-refractivity contribution in [2.45, 2.75) is 18.2 Å². The standard InChI is InChI=1S/C20H22NO6PS/c1-13-17-12-16(7-8-18(17)27-19(13)20(22)23)29(25,26)21-10-9-14-5-4-6-15(11-14)28(2,3)24/h4-8,11-12,21H,9-10H2,1-3H3,(H,22,23). The second-order valence-electron chi connectivity index (χ2n) is 7.19. The first-order valence-corrected chi connectivity index (χ1v) is 13.0. The Morgan fingerprint density at radius 1 is 1.17 bits per heavy atom. The quantitative estimate of drug-likeness (QED) is 0.551. The van der Waals surface area contributed by atoms with Crippen LogP contribution >= 0.6 is 7.14 Å². The molecule has 154 valence electrons. The molecule has 0 bridgehead atoms. The van der Waals surface area contributed by atoms with Crippen LogP contribution in [-0.4, -0.2) is 39.4 Å². The Bertz CT molecular complexity index is 1240. The Balaban J connectivity index is 1.77. The third-order valence-corrected chi connectivity index (χ3v) is 7.63. The van der Waals surface area contributed by atoms with Crippen LogP contribution in [0.25, 0.3) is 11.0 Å². The third kappa shape index (κ3) is 4.61. The molecule has 7 nitrogen and oxygen atoms in total. The van der Waals surface area contributed by atoms with Crippen LogP contribution in [0, 0.1) is 6.92 Å². The summed E-state index contributed by atoms with van der Waals surface area (Å²) >= 11 is 0. The lowest BCUT2D eigenvalue weighted by Crippen LogP contribution is -2.26. The van der Waals surface area contributed by atoms with E-state index in [4.69, 9.17) is 9.52 Å². The third-order valence-electron chi connectivity index (χ3n) is 4.65. The number of carbonyl (C=O) groups is 1. The molecule has 9 heteroatoms. The lowest BCUT2D eigenvalue weighted by molar-refractivity contribution is 0.0664. The van der Waals surface area contributed by atoms with Crippen LogP contribution in [0.2, 0.25) is 0 Å². The van der Waals surface area contributed by atoms with Gasteiger partial charge in [0, 0.05) is 22.8 Å². The number of sulfonamides is 1. The Hall–Kier alpha value is -2.41. The highest BCUT2D eigenvalue weighted by Gasteiger charge is 2.20. The van der Waals surface area contributed by atoms with Gasteiger partial charge in [-0.05, 0) is 56.5 Å². The molecule has 0 amide bonds. The first-order valence-electron chi connectivity index (χ1n) is 8.89. The summed E-state index contributed by atoms with van der Waals surface area (Å²) in [5, 5.41) is 10.3. The number of aryl methyl sites for hydroxylation is 1. The van der Waals surface area contributed by atoms with E-state index < -0.39 is 23.1 Å². The van der Waals surface area contributed by atoms with E-state index in [0.29, 0.717) is 23.0 Å². The number of hydrogen-bond acceptors (Lipinski definition) is 5. The van der Waals surface area contributed by atoms with Crippen molar-refractivity contribution in [2.24, 2.45) is 0 Å². The lowest BCUT2D eigenvalue weighted by atomic mass is 10.1. The van der Waals surface area contributed by atoms with Crippen molar-refractivity contribution in [1.29, 1.82) is 0 Å². The zero-order chi connectivity index (χ0) is 21.4. The number of furan rings is 1. The molecule has 29 heavy (non-hydrogen) atoms. The number of fused-ring (bicyclic) bond motifs is 1. The predicted molar refractivity (Wildman–Crippen MR) is 112 cm³/mol. The number of aromatic carboxylic acids is 1. The van der Waals surface area contributed by atoms with Gasteiger partial charge in [-0.3, -0.25) is 0 Å². The molecule has 2 aromatic carbocycles. The Kier molecular flexibility index (Phi) is 5.72. The minimum atomic E-state index is -3.78. The molecule has 0 aliphatic rings. The molecule has 0 saturated heterocycles. The highest BCUT2D eigenvalue weighted by molar-refractivity contribution is 7.89. The average Bonchev–Trinajstić information content (AvgIpc) is 2.98. The van der Waals surface area contributed by atoms with E-state index in [2.05, 4.69) is 4.72 Å². The summed E-state index contributed by atoms with van der Waals surface area (Å²) < 4.78 is 45.3. The first kappa shape index (κ1) is 21.3. The molecule has 0 aliphatic carbocycles. The van der Waals surface area contributed by atoms with Crippen LogP contribution in [-0.2, 0) is 21.0 Å². The van der Waals surface area contributed by atoms with E-state index in [0.717, 1.165) is 10.9 Å². The minimum Gasteiger partial charge on any atom is -0.475 e. The van der Waals surface area contributed by atoms with Crippen molar-refractivity contribution in [3.63, 3.8) is 0 Å². The Labute approximate surface area is 169 Å². The largest absolute Gasteiger partial charge is 0.475 e. The number of carboxylic acid groups (broad SMARTS) is 1. The van der Waals surface area contributed by atoms with Crippen molar-refractivity contribution in [3.8, 4) is 0 Å². The van der Waals surface area contributed by atoms with Crippen LogP contribution in [0.3, 0.4) is 0 Å². The van der Waals surface area contributed by atoms with Gasteiger partial charge in [0.15, 0.2) is 0 Å². The van der Waals surface area contributed by atoms with Gasteiger partial charge < -0.3 is 14.1 Å². The summed E-state index contributed by atoms with van der Waals surface area (Å²) in [6, 6.07) is 11.6. The van der Waals surface area contributed by atoms with E-state index >= 15 is 0 Å². The van der Waals surface area contributed by atoms with Crippen molar-refractivity contribution >= 4 is 39.4 Å². The van der Waals surface area contributed by atoms with E-state index in [1.165, 1.54) is 18.2 Å². The van der Waals surface area contributed by atoms with Gasteiger partial charge in [-0.1, -0.05) is 18.2 Å². The lowest BCUT2D eigenvalue weighted by Gasteiger charge is -2.10. The summed E-state index contributed by atoms with van der Waals surface area (Å²) in [7, 11) is -6.16. The molecule has 0 spiro atoms. The second kappa shape index (κ2) is 7.78. The van der Waals surface area contributed by atoms with Crippen LogP contribution < -0.4 is 10.0 Å². The molecule has 3 rings (SSSR count). The van der Waals surface area contributed by atoms with Crippen molar-refractivity contribution in [2.75, 3.05) is 19.9 Å². The maximum Gasteiger partial charge on any atom is 0.372 e. The zero-order valence-electron chi connectivity index (χ0n) is 16.3. The summed E-state index contributed by atoms with van der Waals surface area (Å²) in [4.78, 5) is 11.2. The highest BCUT2D eigenvalue weighted by atomic mass is 32.2. The minimum absolute atomic E-state index is 0.0335. The summed E-state index contributed by atoms with van der Waals surface area (Å²) in [6.45, 7) is 5.13. The SMILES string of the molecule is Cc1c(C(=O)O)oc2ccc(S(=O)(=O)NCCc3cccc(P(C)(C)=O)c3)cc12. The maximum atomic E-state index is 12.6. The topological polar surface area (TPSA) is 114 Å². The van der Waals surface area contributed by atoms with Crippen molar-refractivity contribution < 1.29 is 27.3 Å². The molecular formula is C20H22NO6PS. The van der Waals surface area contributed by atoms with E-state index in [-0.39, 0.29) is 17.2 Å². The van der Waals surface area contributed by atoms with Gasteiger partial charge in [-0.25, -0.2) is 17.9 Å². The smallest absolute Gasteiger partial charge is 0.372 e. The van der Waals surface area contributed by atoms with Crippen LogP contribution in [0.4, 0.5) is 0 Å². The first-order chi connectivity index (χ1) is 13.5. The number of benzene rings is 2. The van der Waals surface area contributed by atoms with Crippen LogP contribution in [0.15, 0.2) is 51.8 Å². The van der Waals surface area contributed by atoms with Gasteiger partial charge in [0.25, 0.3) is 0 Å². The predicted octanol–water partition coefficient (Wildman–Crippen LogP) is 3.21. The number of rotatable bonds is 7. The number of hydrogen-bond donors (Lipinski definition) is 2. The van der Waals surface area contributed by atoms with Crippen LogP contribution in [0.5, 0.6) is 0 Å². The van der Waals surface area contributed by atoms with Gasteiger partial charge in [0.2, 0.25) is 15.8 Å². The maximum absolute atomic E-state index is 12.6. The van der Waals surface area contributed by atoms with Gasteiger partial charge in [-0.15, -0.1) is 0 Å². The van der Waals surface area contributed by atoms with Gasteiger partial charge in [0.05, 0.1) is 4.90 Å². The molecule has 1 heterocycles. The van der Waals surface area contributed by atoms with Crippen molar-refractivity contribution in [3.05, 3.63) is 59.4 Å². The van der Waals surface area contributed by atoms with Gasteiger partial charge >= 0.3 is 5.97 Å². The fraction of sp³-hybridized carbons (Fsp3) is 0.250. The summed E-state index contributed by atoms with van der Waals surface area (Å²) in [5.74, 6) is -1.40. The molecule has 0 aliphatic heterocycles. The Morgan fingerprint density at radius 2 is 1.90 bits per heavy atom. The fourth-order valence-electron chi connectivity index (χ4n) is 3.03. The normalized spacial score (nSPS) is 12.4. The fourth-order valence-corrected chi connectivity index (χ4v) is 5.01. The van der Waals surface area contributed by atoms with Gasteiger partial charge in [-0.2, -0.15) is 0 Å². The summed E-state index contributed by atoms with van der Waals surface area (Å²) in [5.41, 5.74) is 1.59. The van der Waals surface area contributed by atoms with E-state index in [9.17, 15) is 17.8 Å². The second-order valence-corrected chi connectivity index (χ2v) is 12.2.